The summed E-state index contributed by atoms with van der Waals surface area (Å²) in [5, 5.41) is 6.18. The number of fused-ring (bicyclic) bond motifs is 2. The molecule has 0 aromatic heterocycles. The molecule has 7 nitrogen and oxygen atoms in total. The summed E-state index contributed by atoms with van der Waals surface area (Å²) < 4.78 is 11.2. The molecule has 2 heterocycles. The molecule has 2 N–H and O–H groups in total. The Balaban J connectivity index is 1.49. The number of nitrogens with zero attached hydrogens (tertiary/aromatic N) is 1. The Hall–Kier alpha value is -2.28. The Morgan fingerprint density at radius 1 is 1.06 bits per heavy atom. The van der Waals surface area contributed by atoms with Crippen molar-refractivity contribution in [2.24, 2.45) is 5.92 Å². The molecule has 2 saturated heterocycles. The highest BCUT2D eigenvalue weighted by Gasteiger charge is 2.42. The van der Waals surface area contributed by atoms with E-state index in [0.29, 0.717) is 42.6 Å². The summed E-state index contributed by atoms with van der Waals surface area (Å²) in [7, 11) is 1.60. The topological polar surface area (TPSA) is 79.9 Å². The fourth-order valence-electron chi connectivity index (χ4n) is 4.89. The van der Waals surface area contributed by atoms with Gasteiger partial charge < -0.3 is 20.1 Å². The lowest BCUT2D eigenvalue weighted by Crippen LogP contribution is -2.53. The van der Waals surface area contributed by atoms with E-state index in [4.69, 9.17) is 9.47 Å². The third kappa shape index (κ3) is 6.37. The molecule has 2 bridgehead atoms. The van der Waals surface area contributed by atoms with Crippen LogP contribution in [-0.4, -0.2) is 60.1 Å². The fourth-order valence-corrected chi connectivity index (χ4v) is 4.89. The Morgan fingerprint density at radius 3 is 2.28 bits per heavy atom. The van der Waals surface area contributed by atoms with Gasteiger partial charge in [0.25, 0.3) is 5.91 Å². The molecule has 0 aliphatic carbocycles. The number of carbonyl (C=O) groups is 2. The maximum absolute atomic E-state index is 12.9. The van der Waals surface area contributed by atoms with Crippen molar-refractivity contribution in [3.63, 3.8) is 0 Å². The average Bonchev–Trinajstić information content (AvgIpc) is 2.92. The molecule has 3 atom stereocenters. The van der Waals surface area contributed by atoms with Gasteiger partial charge >= 0.3 is 0 Å². The van der Waals surface area contributed by atoms with Crippen LogP contribution in [0.3, 0.4) is 0 Å². The second-order valence-corrected chi connectivity index (χ2v) is 10.7. The van der Waals surface area contributed by atoms with E-state index >= 15 is 0 Å². The predicted octanol–water partition coefficient (Wildman–Crippen LogP) is 3.13. The summed E-state index contributed by atoms with van der Waals surface area (Å²) in [5.74, 6) is 1.68. The molecule has 178 valence electrons. The van der Waals surface area contributed by atoms with Crippen molar-refractivity contribution < 1.29 is 19.1 Å². The summed E-state index contributed by atoms with van der Waals surface area (Å²) >= 11 is 0. The lowest BCUT2D eigenvalue weighted by Gasteiger charge is -2.39. The SMILES string of the molecule is COc1cccc(OC(C)(C)C(=O)NCC2C[C@H]3CC[C@@H](C2)N3CC(=O)NC(C)(C)C)c1. The molecular weight excluding hydrogens is 406 g/mol. The van der Waals surface area contributed by atoms with E-state index in [9.17, 15) is 9.59 Å². The largest absolute Gasteiger partial charge is 0.497 e. The van der Waals surface area contributed by atoms with Gasteiger partial charge in [-0.3, -0.25) is 14.5 Å². The van der Waals surface area contributed by atoms with E-state index < -0.39 is 5.60 Å². The zero-order valence-electron chi connectivity index (χ0n) is 20.4. The van der Waals surface area contributed by atoms with Crippen LogP contribution in [-0.2, 0) is 9.59 Å². The van der Waals surface area contributed by atoms with E-state index in [1.54, 1.807) is 27.0 Å². The van der Waals surface area contributed by atoms with E-state index in [1.807, 2.05) is 39.0 Å². The summed E-state index contributed by atoms with van der Waals surface area (Å²) in [6.07, 6.45) is 4.28. The number of amides is 2. The number of benzene rings is 1. The van der Waals surface area contributed by atoms with Gasteiger partial charge in [-0.1, -0.05) is 6.07 Å². The second kappa shape index (κ2) is 9.69. The standard InChI is InChI=1S/C25H39N3O4/c1-24(2,3)27-22(29)16-28-18-10-11-19(28)13-17(12-18)15-26-23(30)25(4,5)32-21-9-7-8-20(14-21)31-6/h7-9,14,17-19H,10-13,15-16H2,1-6H3,(H,26,30)(H,27,29)/t17?,18-,19+. The van der Waals surface area contributed by atoms with Gasteiger partial charge in [0.1, 0.15) is 11.5 Å². The molecule has 1 unspecified atom stereocenters. The second-order valence-electron chi connectivity index (χ2n) is 10.7. The highest BCUT2D eigenvalue weighted by atomic mass is 16.5. The van der Waals surface area contributed by atoms with Gasteiger partial charge in [-0.25, -0.2) is 0 Å². The molecule has 3 rings (SSSR count). The van der Waals surface area contributed by atoms with Crippen LogP contribution in [0.1, 0.15) is 60.3 Å². The summed E-state index contributed by atoms with van der Waals surface area (Å²) in [4.78, 5) is 27.6. The molecule has 2 aliphatic heterocycles. The maximum Gasteiger partial charge on any atom is 0.263 e. The van der Waals surface area contributed by atoms with Crippen LogP contribution in [0.25, 0.3) is 0 Å². The summed E-state index contributed by atoms with van der Waals surface area (Å²) in [6.45, 7) is 10.7. The third-order valence-corrected chi connectivity index (χ3v) is 6.33. The molecule has 2 amide bonds. The molecule has 7 heteroatoms. The van der Waals surface area contributed by atoms with Crippen molar-refractivity contribution in [3.8, 4) is 11.5 Å². The minimum absolute atomic E-state index is 0.0950. The van der Waals surface area contributed by atoms with Gasteiger partial charge in [0.05, 0.1) is 13.7 Å². The Morgan fingerprint density at radius 2 is 1.69 bits per heavy atom. The fraction of sp³-hybridized carbons (Fsp3) is 0.680. The molecule has 0 spiro atoms. The number of piperidine rings is 1. The van der Waals surface area contributed by atoms with Crippen LogP contribution in [0, 0.1) is 5.92 Å². The van der Waals surface area contributed by atoms with Crippen LogP contribution in [0.2, 0.25) is 0 Å². The first-order chi connectivity index (χ1) is 15.0. The molecule has 1 aromatic rings. The monoisotopic (exact) mass is 445 g/mol. The van der Waals surface area contributed by atoms with Gasteiger partial charge in [-0.05, 0) is 78.4 Å². The minimum atomic E-state index is -0.989. The van der Waals surface area contributed by atoms with Crippen molar-refractivity contribution >= 4 is 11.8 Å². The Labute approximate surface area is 192 Å². The lowest BCUT2D eigenvalue weighted by molar-refractivity contribution is -0.134. The zero-order chi connectivity index (χ0) is 23.5. The molecule has 32 heavy (non-hydrogen) atoms. The molecule has 2 fully saturated rings. The molecule has 0 saturated carbocycles. The maximum atomic E-state index is 12.9. The molecule has 0 radical (unpaired) electrons. The zero-order valence-corrected chi connectivity index (χ0v) is 20.4. The van der Waals surface area contributed by atoms with Gasteiger partial charge in [-0.15, -0.1) is 0 Å². The van der Waals surface area contributed by atoms with Crippen LogP contribution in [0.15, 0.2) is 24.3 Å². The van der Waals surface area contributed by atoms with E-state index in [2.05, 4.69) is 15.5 Å². The van der Waals surface area contributed by atoms with Gasteiger partial charge in [0.15, 0.2) is 5.60 Å². The third-order valence-electron chi connectivity index (χ3n) is 6.33. The van der Waals surface area contributed by atoms with Gasteiger partial charge in [0, 0.05) is 30.2 Å². The van der Waals surface area contributed by atoms with E-state index in [-0.39, 0.29) is 17.4 Å². The Bertz CT molecular complexity index is 804. The number of rotatable bonds is 8. The number of hydrogen-bond acceptors (Lipinski definition) is 5. The lowest BCUT2D eigenvalue weighted by atomic mass is 9.90. The van der Waals surface area contributed by atoms with E-state index in [1.165, 1.54) is 0 Å². The molecule has 2 aliphatic rings. The van der Waals surface area contributed by atoms with Crippen molar-refractivity contribution in [1.29, 1.82) is 0 Å². The van der Waals surface area contributed by atoms with Crippen molar-refractivity contribution in [2.45, 2.75) is 83.5 Å². The van der Waals surface area contributed by atoms with Crippen LogP contribution < -0.4 is 20.1 Å². The highest BCUT2D eigenvalue weighted by Crippen LogP contribution is 2.38. The van der Waals surface area contributed by atoms with Crippen molar-refractivity contribution in [3.05, 3.63) is 24.3 Å². The van der Waals surface area contributed by atoms with Crippen molar-refractivity contribution in [1.82, 2.24) is 15.5 Å². The molecule has 1 aromatic carbocycles. The molecular formula is C25H39N3O4. The number of methoxy groups -OCH3 is 1. The summed E-state index contributed by atoms with van der Waals surface area (Å²) in [6, 6.07) is 8.12. The van der Waals surface area contributed by atoms with Crippen molar-refractivity contribution in [2.75, 3.05) is 20.2 Å². The minimum Gasteiger partial charge on any atom is -0.497 e. The van der Waals surface area contributed by atoms with Gasteiger partial charge in [-0.2, -0.15) is 0 Å². The average molecular weight is 446 g/mol. The van der Waals surface area contributed by atoms with Crippen LogP contribution in [0.5, 0.6) is 11.5 Å². The predicted molar refractivity (Wildman–Crippen MR) is 125 cm³/mol. The highest BCUT2D eigenvalue weighted by molar-refractivity contribution is 5.84. The first kappa shape index (κ1) is 24.4. The van der Waals surface area contributed by atoms with Gasteiger partial charge in [0.2, 0.25) is 5.91 Å². The van der Waals surface area contributed by atoms with Crippen LogP contribution >= 0.6 is 0 Å². The normalized spacial score (nSPS) is 23.5. The number of ether oxygens (including phenoxy) is 2. The van der Waals surface area contributed by atoms with E-state index in [0.717, 1.165) is 25.7 Å². The smallest absolute Gasteiger partial charge is 0.263 e. The quantitative estimate of drug-likeness (QED) is 0.643. The Kier molecular flexibility index (Phi) is 7.38. The number of hydrogen-bond donors (Lipinski definition) is 2. The van der Waals surface area contributed by atoms with Crippen LogP contribution in [0.4, 0.5) is 0 Å². The first-order valence-electron chi connectivity index (χ1n) is 11.6. The number of carbonyl (C=O) groups excluding carboxylic acids is 2. The summed E-state index contributed by atoms with van der Waals surface area (Å²) in [5.41, 5.74) is -1.20. The number of nitrogens with one attached hydrogen (secondary N) is 2. The first-order valence-corrected chi connectivity index (χ1v) is 11.6.